The maximum atomic E-state index is 12.6. The summed E-state index contributed by atoms with van der Waals surface area (Å²) in [5.74, 6) is -4.11. The lowest BCUT2D eigenvalue weighted by Crippen LogP contribution is -2.42. The first-order valence-corrected chi connectivity index (χ1v) is 6.56. The molecule has 0 bridgehead atoms. The third kappa shape index (κ3) is 7.08. The van der Waals surface area contributed by atoms with Crippen molar-refractivity contribution in [3.63, 3.8) is 0 Å². The Hall–Kier alpha value is -0.890. The van der Waals surface area contributed by atoms with Crippen LogP contribution in [0.4, 0.5) is 17.6 Å². The summed E-state index contributed by atoms with van der Waals surface area (Å²) in [4.78, 5) is 0. The number of alkyl halides is 4. The van der Waals surface area contributed by atoms with Gasteiger partial charge >= 0.3 is 12.3 Å². The molecule has 0 aromatic heterocycles. The average molecular weight is 330 g/mol. The van der Waals surface area contributed by atoms with Gasteiger partial charge in [-0.25, -0.2) is 8.78 Å². The highest BCUT2D eigenvalue weighted by molar-refractivity contribution is 6.30. The molecule has 0 spiro atoms. The average Bonchev–Trinajstić information content (AvgIpc) is 2.40. The van der Waals surface area contributed by atoms with Gasteiger partial charge in [-0.05, 0) is 17.7 Å². The molecule has 2 N–H and O–H groups in total. The minimum absolute atomic E-state index is 0.101. The Morgan fingerprint density at radius 3 is 2.43 bits per heavy atom. The van der Waals surface area contributed by atoms with E-state index < -0.39 is 25.0 Å². The summed E-state index contributed by atoms with van der Waals surface area (Å²) in [6, 6.07) is 6.86. The minimum atomic E-state index is -4.11. The second-order valence-corrected chi connectivity index (χ2v) is 4.92. The zero-order chi connectivity index (χ0) is 15.9. The quantitative estimate of drug-likeness (QED) is 0.685. The van der Waals surface area contributed by atoms with Crippen LogP contribution in [0.2, 0.25) is 5.02 Å². The highest BCUT2D eigenvalue weighted by atomic mass is 35.5. The molecular weight excluding hydrogens is 314 g/mol. The molecule has 0 aliphatic carbocycles. The van der Waals surface area contributed by atoms with Gasteiger partial charge in [0.1, 0.15) is 0 Å². The van der Waals surface area contributed by atoms with Crippen molar-refractivity contribution in [1.82, 2.24) is 5.32 Å². The molecule has 1 rings (SSSR count). The summed E-state index contributed by atoms with van der Waals surface area (Å²) < 4.78 is 54.1. The number of halogens is 5. The van der Waals surface area contributed by atoms with Crippen LogP contribution in [0.5, 0.6) is 0 Å². The number of aliphatic hydroxyl groups excluding tert-OH is 1. The first kappa shape index (κ1) is 18.2. The molecule has 1 atom stereocenters. The van der Waals surface area contributed by atoms with Gasteiger partial charge in [0, 0.05) is 11.6 Å². The zero-order valence-corrected chi connectivity index (χ0v) is 11.8. The highest BCUT2D eigenvalue weighted by Gasteiger charge is 2.40. The predicted molar refractivity (Wildman–Crippen MR) is 70.9 cm³/mol. The lowest BCUT2D eigenvalue weighted by atomic mass is 10.2. The van der Waals surface area contributed by atoms with E-state index in [-0.39, 0.29) is 19.8 Å². The van der Waals surface area contributed by atoms with E-state index in [0.717, 1.165) is 5.56 Å². The van der Waals surface area contributed by atoms with Gasteiger partial charge in [-0.15, -0.1) is 0 Å². The molecular formula is C13H16ClF4NO2. The van der Waals surface area contributed by atoms with Crippen molar-refractivity contribution < 1.29 is 27.4 Å². The Kier molecular flexibility index (Phi) is 7.37. The molecule has 0 aliphatic heterocycles. The predicted octanol–water partition coefficient (Wildman–Crippen LogP) is 2.71. The van der Waals surface area contributed by atoms with E-state index in [9.17, 15) is 22.7 Å². The summed E-state index contributed by atoms with van der Waals surface area (Å²) in [6.07, 6.45) is -4.80. The summed E-state index contributed by atoms with van der Waals surface area (Å²) in [5, 5.41) is 12.1. The molecule has 0 fully saturated rings. The van der Waals surface area contributed by atoms with Crippen LogP contribution in [0.15, 0.2) is 24.3 Å². The molecule has 1 aromatic carbocycles. The van der Waals surface area contributed by atoms with E-state index in [0.29, 0.717) is 5.02 Å². The van der Waals surface area contributed by atoms with Gasteiger partial charge in [0.05, 0.1) is 25.9 Å². The molecule has 0 heterocycles. The fourth-order valence-corrected chi connectivity index (χ4v) is 1.56. The van der Waals surface area contributed by atoms with Crippen LogP contribution >= 0.6 is 11.6 Å². The van der Waals surface area contributed by atoms with Gasteiger partial charge in [0.15, 0.2) is 0 Å². The van der Waals surface area contributed by atoms with Crippen molar-refractivity contribution in [2.75, 3.05) is 19.7 Å². The SMILES string of the molecule is OC(CNCC(F)(F)C(F)F)COCc1ccc(Cl)cc1. The van der Waals surface area contributed by atoms with E-state index in [1.807, 2.05) is 0 Å². The van der Waals surface area contributed by atoms with Crippen LogP contribution in [0, 0.1) is 0 Å². The Morgan fingerprint density at radius 1 is 1.24 bits per heavy atom. The van der Waals surface area contributed by atoms with Gasteiger partial charge in [-0.1, -0.05) is 23.7 Å². The third-order valence-corrected chi connectivity index (χ3v) is 2.80. The second kappa shape index (κ2) is 8.53. The number of hydrogen-bond donors (Lipinski definition) is 2. The Labute approximate surface area is 124 Å². The molecule has 120 valence electrons. The fraction of sp³-hybridized carbons (Fsp3) is 0.538. The lowest BCUT2D eigenvalue weighted by Gasteiger charge is -2.17. The Balaban J connectivity index is 2.17. The number of hydrogen-bond acceptors (Lipinski definition) is 3. The number of ether oxygens (including phenoxy) is 1. The van der Waals surface area contributed by atoms with Crippen molar-refractivity contribution >= 4 is 11.6 Å². The molecule has 0 saturated carbocycles. The molecule has 3 nitrogen and oxygen atoms in total. The van der Waals surface area contributed by atoms with Crippen LogP contribution in [-0.2, 0) is 11.3 Å². The largest absolute Gasteiger partial charge is 0.389 e. The first-order chi connectivity index (χ1) is 9.81. The van der Waals surface area contributed by atoms with Crippen LogP contribution < -0.4 is 5.32 Å². The molecule has 21 heavy (non-hydrogen) atoms. The van der Waals surface area contributed by atoms with Gasteiger partial charge in [0.2, 0.25) is 0 Å². The van der Waals surface area contributed by atoms with Crippen LogP contribution in [0.3, 0.4) is 0 Å². The van der Waals surface area contributed by atoms with Crippen molar-refractivity contribution in [1.29, 1.82) is 0 Å². The van der Waals surface area contributed by atoms with E-state index in [1.54, 1.807) is 24.3 Å². The molecule has 0 saturated heterocycles. The summed E-state index contributed by atoms with van der Waals surface area (Å²) in [6.45, 7) is -1.33. The third-order valence-electron chi connectivity index (χ3n) is 2.55. The van der Waals surface area contributed by atoms with Crippen molar-refractivity contribution in [2.24, 2.45) is 0 Å². The maximum absolute atomic E-state index is 12.6. The van der Waals surface area contributed by atoms with Crippen LogP contribution in [0.1, 0.15) is 5.56 Å². The molecule has 0 radical (unpaired) electrons. The Bertz CT molecular complexity index is 417. The second-order valence-electron chi connectivity index (χ2n) is 4.49. The van der Waals surface area contributed by atoms with Crippen molar-refractivity contribution in [2.45, 2.75) is 25.1 Å². The molecule has 0 amide bonds. The first-order valence-electron chi connectivity index (χ1n) is 6.18. The number of nitrogens with one attached hydrogen (secondary N) is 1. The number of rotatable bonds is 9. The monoisotopic (exact) mass is 329 g/mol. The summed E-state index contributed by atoms with van der Waals surface area (Å²) >= 11 is 5.71. The summed E-state index contributed by atoms with van der Waals surface area (Å²) in [5.41, 5.74) is 0.837. The van der Waals surface area contributed by atoms with E-state index in [1.165, 1.54) is 0 Å². The maximum Gasteiger partial charge on any atom is 0.319 e. The number of aliphatic hydroxyl groups is 1. The van der Waals surface area contributed by atoms with E-state index >= 15 is 0 Å². The van der Waals surface area contributed by atoms with E-state index in [4.69, 9.17) is 16.3 Å². The standard InChI is InChI=1S/C13H16ClF4NO2/c14-10-3-1-9(2-4-10)6-21-7-11(20)5-19-8-13(17,18)12(15)16/h1-4,11-12,19-20H,5-8H2. The van der Waals surface area contributed by atoms with Gasteiger partial charge in [-0.2, -0.15) is 8.78 Å². The molecule has 0 aliphatic rings. The van der Waals surface area contributed by atoms with Gasteiger partial charge in [0.25, 0.3) is 0 Å². The lowest BCUT2D eigenvalue weighted by molar-refractivity contribution is -0.126. The van der Waals surface area contributed by atoms with Gasteiger partial charge < -0.3 is 15.2 Å². The molecule has 8 heteroatoms. The van der Waals surface area contributed by atoms with E-state index in [2.05, 4.69) is 5.32 Å². The molecule has 1 unspecified atom stereocenters. The topological polar surface area (TPSA) is 41.5 Å². The molecule has 1 aromatic rings. The number of benzene rings is 1. The van der Waals surface area contributed by atoms with Gasteiger partial charge in [-0.3, -0.25) is 0 Å². The Morgan fingerprint density at radius 2 is 1.86 bits per heavy atom. The van der Waals surface area contributed by atoms with Crippen molar-refractivity contribution in [3.05, 3.63) is 34.9 Å². The smallest absolute Gasteiger partial charge is 0.319 e. The van der Waals surface area contributed by atoms with Crippen molar-refractivity contribution in [3.8, 4) is 0 Å². The summed E-state index contributed by atoms with van der Waals surface area (Å²) in [7, 11) is 0. The van der Waals surface area contributed by atoms with Crippen LogP contribution in [0.25, 0.3) is 0 Å². The van der Waals surface area contributed by atoms with Crippen LogP contribution in [-0.4, -0.2) is 43.3 Å². The highest BCUT2D eigenvalue weighted by Crippen LogP contribution is 2.21. The fourth-order valence-electron chi connectivity index (χ4n) is 1.43. The normalized spacial score (nSPS) is 13.7. The minimum Gasteiger partial charge on any atom is -0.389 e. The zero-order valence-electron chi connectivity index (χ0n) is 11.0.